The van der Waals surface area contributed by atoms with Crippen molar-refractivity contribution in [3.05, 3.63) is 0 Å². The SMILES string of the molecule is CC(CC1CC1)NC1=NCCN(C(=O)OC(C)(C)C)C1. The third-order valence-corrected chi connectivity index (χ3v) is 3.46. The Morgan fingerprint density at radius 3 is 2.80 bits per heavy atom. The zero-order valence-corrected chi connectivity index (χ0v) is 13.1. The molecule has 114 valence electrons. The molecule has 2 rings (SSSR count). The summed E-state index contributed by atoms with van der Waals surface area (Å²) in [5.41, 5.74) is -0.446. The molecule has 1 aliphatic heterocycles. The summed E-state index contributed by atoms with van der Waals surface area (Å²) in [6, 6.07) is 0.430. The van der Waals surface area contributed by atoms with Gasteiger partial charge in [0, 0.05) is 12.6 Å². The van der Waals surface area contributed by atoms with E-state index in [1.54, 1.807) is 4.90 Å². The van der Waals surface area contributed by atoms with Crippen LogP contribution in [0.2, 0.25) is 0 Å². The highest BCUT2D eigenvalue weighted by Gasteiger charge is 2.27. The fourth-order valence-corrected chi connectivity index (χ4v) is 2.39. The molecule has 1 N–H and O–H groups in total. The van der Waals surface area contributed by atoms with Crippen molar-refractivity contribution in [2.45, 2.75) is 58.6 Å². The molecule has 0 aromatic heterocycles. The summed E-state index contributed by atoms with van der Waals surface area (Å²) in [5, 5.41) is 3.44. The molecule has 1 atom stereocenters. The summed E-state index contributed by atoms with van der Waals surface area (Å²) in [7, 11) is 0. The highest BCUT2D eigenvalue weighted by atomic mass is 16.6. The van der Waals surface area contributed by atoms with E-state index in [0.717, 1.165) is 11.8 Å². The Morgan fingerprint density at radius 1 is 1.50 bits per heavy atom. The van der Waals surface area contributed by atoms with Crippen LogP contribution in [0.15, 0.2) is 4.99 Å². The molecule has 1 unspecified atom stereocenters. The van der Waals surface area contributed by atoms with Crippen LogP contribution in [0.1, 0.15) is 47.0 Å². The van der Waals surface area contributed by atoms with E-state index in [4.69, 9.17) is 4.74 Å². The van der Waals surface area contributed by atoms with Crippen LogP contribution in [0, 0.1) is 5.92 Å². The number of amidine groups is 1. The van der Waals surface area contributed by atoms with Gasteiger partial charge in [0.1, 0.15) is 11.4 Å². The number of nitrogens with one attached hydrogen (secondary N) is 1. The number of aliphatic imine (C=N–C) groups is 1. The zero-order chi connectivity index (χ0) is 14.8. The van der Waals surface area contributed by atoms with Gasteiger partial charge in [-0.2, -0.15) is 0 Å². The van der Waals surface area contributed by atoms with Gasteiger partial charge in [-0.3, -0.25) is 9.89 Å². The Bertz CT molecular complexity index is 383. The Kier molecular flexibility index (Phi) is 4.55. The monoisotopic (exact) mass is 281 g/mol. The first kappa shape index (κ1) is 15.1. The topological polar surface area (TPSA) is 53.9 Å². The van der Waals surface area contributed by atoms with E-state index < -0.39 is 5.60 Å². The van der Waals surface area contributed by atoms with Gasteiger partial charge in [0.15, 0.2) is 0 Å². The molecule has 2 aliphatic rings. The second-order valence-corrected chi connectivity index (χ2v) is 6.95. The molecule has 20 heavy (non-hydrogen) atoms. The molecule has 0 aromatic rings. The predicted octanol–water partition coefficient (Wildman–Crippen LogP) is 2.41. The molecule has 1 heterocycles. The standard InChI is InChI=1S/C15H27N3O2/c1-11(9-12-5-6-12)17-13-10-18(8-7-16-13)14(19)20-15(2,3)4/h11-12H,5-10H2,1-4H3,(H,16,17). The fraction of sp³-hybridized carbons (Fsp3) is 0.867. The molecule has 1 fully saturated rings. The molecule has 0 radical (unpaired) electrons. The first-order valence-corrected chi connectivity index (χ1v) is 7.61. The van der Waals surface area contributed by atoms with Crippen LogP contribution in [0.3, 0.4) is 0 Å². The third-order valence-electron chi connectivity index (χ3n) is 3.46. The largest absolute Gasteiger partial charge is 0.444 e. The van der Waals surface area contributed by atoms with Crippen LogP contribution < -0.4 is 5.32 Å². The molecule has 0 aromatic carbocycles. The Hall–Kier alpha value is -1.26. The minimum absolute atomic E-state index is 0.249. The molecular formula is C15H27N3O2. The van der Waals surface area contributed by atoms with E-state index in [-0.39, 0.29) is 6.09 Å². The fourth-order valence-electron chi connectivity index (χ4n) is 2.39. The Balaban J connectivity index is 1.80. The van der Waals surface area contributed by atoms with Crippen LogP contribution in [0.4, 0.5) is 4.79 Å². The van der Waals surface area contributed by atoms with Crippen molar-refractivity contribution in [1.29, 1.82) is 0 Å². The number of hydrogen-bond donors (Lipinski definition) is 1. The summed E-state index contributed by atoms with van der Waals surface area (Å²) in [6.45, 7) is 9.67. The van der Waals surface area contributed by atoms with Gasteiger partial charge >= 0.3 is 6.09 Å². The number of carbonyl (C=O) groups excluding carboxylic acids is 1. The number of amides is 1. The summed E-state index contributed by atoms with van der Waals surface area (Å²) in [5.74, 6) is 1.80. The van der Waals surface area contributed by atoms with Gasteiger partial charge in [-0.1, -0.05) is 12.8 Å². The maximum absolute atomic E-state index is 12.1. The lowest BCUT2D eigenvalue weighted by Gasteiger charge is -2.30. The van der Waals surface area contributed by atoms with Gasteiger partial charge in [0.2, 0.25) is 0 Å². The summed E-state index contributed by atoms with van der Waals surface area (Å²) < 4.78 is 5.41. The van der Waals surface area contributed by atoms with E-state index >= 15 is 0 Å². The first-order valence-electron chi connectivity index (χ1n) is 7.61. The quantitative estimate of drug-likeness (QED) is 0.864. The number of ether oxygens (including phenoxy) is 1. The third kappa shape index (κ3) is 5.02. The summed E-state index contributed by atoms with van der Waals surface area (Å²) >= 11 is 0. The average Bonchev–Trinajstić information content (AvgIpc) is 3.10. The average molecular weight is 281 g/mol. The van der Waals surface area contributed by atoms with E-state index in [2.05, 4.69) is 17.2 Å². The van der Waals surface area contributed by atoms with Gasteiger partial charge in [-0.05, 0) is 40.0 Å². The van der Waals surface area contributed by atoms with Crippen LogP contribution in [-0.2, 0) is 4.74 Å². The maximum atomic E-state index is 12.1. The molecule has 1 saturated carbocycles. The molecule has 1 amide bonds. The van der Waals surface area contributed by atoms with Gasteiger partial charge in [-0.15, -0.1) is 0 Å². The molecule has 5 nitrogen and oxygen atoms in total. The lowest BCUT2D eigenvalue weighted by molar-refractivity contribution is 0.0276. The van der Waals surface area contributed by atoms with Crippen LogP contribution in [0.5, 0.6) is 0 Å². The number of nitrogens with zero attached hydrogens (tertiary/aromatic N) is 2. The number of hydrogen-bond acceptors (Lipinski definition) is 4. The highest BCUT2D eigenvalue weighted by molar-refractivity contribution is 5.88. The van der Waals surface area contributed by atoms with Gasteiger partial charge in [-0.25, -0.2) is 4.79 Å². The van der Waals surface area contributed by atoms with Crippen molar-refractivity contribution < 1.29 is 9.53 Å². The van der Waals surface area contributed by atoms with Crippen molar-refractivity contribution >= 4 is 11.9 Å². The van der Waals surface area contributed by atoms with Crippen molar-refractivity contribution in [1.82, 2.24) is 10.2 Å². The molecule has 0 bridgehead atoms. The lowest BCUT2D eigenvalue weighted by Crippen LogP contribution is -2.48. The van der Waals surface area contributed by atoms with Crippen LogP contribution in [-0.4, -0.2) is 48.1 Å². The normalized spacial score (nSPS) is 21.2. The predicted molar refractivity (Wildman–Crippen MR) is 80.0 cm³/mol. The summed E-state index contributed by atoms with van der Waals surface area (Å²) in [6.07, 6.45) is 3.68. The summed E-state index contributed by atoms with van der Waals surface area (Å²) in [4.78, 5) is 18.3. The van der Waals surface area contributed by atoms with E-state index in [0.29, 0.717) is 25.7 Å². The van der Waals surface area contributed by atoms with Crippen LogP contribution >= 0.6 is 0 Å². The van der Waals surface area contributed by atoms with E-state index in [1.807, 2.05) is 20.8 Å². The molecule has 1 aliphatic carbocycles. The Morgan fingerprint density at radius 2 is 2.20 bits per heavy atom. The maximum Gasteiger partial charge on any atom is 0.410 e. The van der Waals surface area contributed by atoms with E-state index in [9.17, 15) is 4.79 Å². The van der Waals surface area contributed by atoms with Gasteiger partial charge in [0.25, 0.3) is 0 Å². The highest BCUT2D eigenvalue weighted by Crippen LogP contribution is 2.33. The van der Waals surface area contributed by atoms with Crippen molar-refractivity contribution in [2.75, 3.05) is 19.6 Å². The zero-order valence-electron chi connectivity index (χ0n) is 13.1. The molecule has 5 heteroatoms. The first-order chi connectivity index (χ1) is 9.33. The van der Waals surface area contributed by atoms with Gasteiger partial charge < -0.3 is 10.1 Å². The smallest absolute Gasteiger partial charge is 0.410 e. The van der Waals surface area contributed by atoms with Crippen molar-refractivity contribution in [3.63, 3.8) is 0 Å². The van der Waals surface area contributed by atoms with Crippen molar-refractivity contribution in [2.24, 2.45) is 10.9 Å². The minimum atomic E-state index is -0.446. The molecule has 0 spiro atoms. The van der Waals surface area contributed by atoms with Crippen molar-refractivity contribution in [3.8, 4) is 0 Å². The van der Waals surface area contributed by atoms with E-state index in [1.165, 1.54) is 19.3 Å². The number of rotatable bonds is 3. The van der Waals surface area contributed by atoms with Crippen LogP contribution in [0.25, 0.3) is 0 Å². The van der Waals surface area contributed by atoms with Gasteiger partial charge in [0.05, 0.1) is 13.1 Å². The minimum Gasteiger partial charge on any atom is -0.444 e. The lowest BCUT2D eigenvalue weighted by atomic mass is 10.1. The second-order valence-electron chi connectivity index (χ2n) is 6.95. The Labute approximate surface area is 121 Å². The molecule has 0 saturated heterocycles. The molecular weight excluding hydrogens is 254 g/mol. The second kappa shape index (κ2) is 6.02. The number of carbonyl (C=O) groups is 1.